The number of hydrogen-bond acceptors (Lipinski definition) is 6. The number of ether oxygens (including phenoxy) is 2. The summed E-state index contributed by atoms with van der Waals surface area (Å²) in [6, 6.07) is 14.5. The number of rotatable bonds is 8. The van der Waals surface area contributed by atoms with Gasteiger partial charge in [0, 0.05) is 11.1 Å². The van der Waals surface area contributed by atoms with Crippen LogP contribution >= 0.6 is 0 Å². The molecule has 4 N–H and O–H groups in total. The Morgan fingerprint density at radius 2 is 1.54 bits per heavy atom. The van der Waals surface area contributed by atoms with E-state index >= 15 is 0 Å². The van der Waals surface area contributed by atoms with Gasteiger partial charge in [-0.25, -0.2) is 0 Å². The zero-order valence-electron chi connectivity index (χ0n) is 14.1. The van der Waals surface area contributed by atoms with Gasteiger partial charge in [0.2, 0.25) is 5.91 Å². The summed E-state index contributed by atoms with van der Waals surface area (Å²) >= 11 is 0. The molecule has 26 heavy (non-hydrogen) atoms. The molecule has 0 aromatic heterocycles. The van der Waals surface area contributed by atoms with Crippen molar-refractivity contribution in [3.63, 3.8) is 0 Å². The van der Waals surface area contributed by atoms with Gasteiger partial charge in [-0.3, -0.25) is 14.4 Å². The lowest BCUT2D eigenvalue weighted by atomic mass is 10.1. The molecule has 0 aliphatic carbocycles. The molecule has 7 heteroatoms. The second-order valence-electron chi connectivity index (χ2n) is 5.59. The monoisotopic (exact) mass is 356 g/mol. The molecule has 0 radical (unpaired) electrons. The Bertz CT molecular complexity index is 777. The smallest absolute Gasteiger partial charge is 0.323 e. The second kappa shape index (κ2) is 9.33. The first kappa shape index (κ1) is 19.1. The molecule has 0 unspecified atom stereocenters. The van der Waals surface area contributed by atoms with Crippen LogP contribution in [0, 0.1) is 0 Å². The molecule has 0 bridgehead atoms. The van der Waals surface area contributed by atoms with Crippen LogP contribution in [0.3, 0.4) is 0 Å². The Labute approximate surface area is 150 Å². The van der Waals surface area contributed by atoms with Gasteiger partial charge < -0.3 is 20.9 Å². The first-order valence-electron chi connectivity index (χ1n) is 7.97. The van der Waals surface area contributed by atoms with Crippen LogP contribution in [-0.4, -0.2) is 23.9 Å². The fourth-order valence-corrected chi connectivity index (χ4v) is 2.20. The lowest BCUT2D eigenvalue weighted by Crippen LogP contribution is -2.35. The van der Waals surface area contributed by atoms with E-state index in [-0.39, 0.29) is 25.2 Å². The minimum Gasteiger partial charge on any atom is -0.461 e. The number of benzene rings is 2. The number of carbonyl (C=O) groups is 3. The van der Waals surface area contributed by atoms with Crippen LogP contribution in [0.1, 0.15) is 27.9 Å². The van der Waals surface area contributed by atoms with Crippen LogP contribution in [0.4, 0.5) is 0 Å². The summed E-state index contributed by atoms with van der Waals surface area (Å²) < 4.78 is 10.1. The third-order valence-corrected chi connectivity index (χ3v) is 3.58. The number of nitrogens with two attached hydrogens (primary N) is 2. The molecular weight excluding hydrogens is 336 g/mol. The number of primary amides is 1. The molecule has 0 aliphatic heterocycles. The quantitative estimate of drug-likeness (QED) is 0.687. The van der Waals surface area contributed by atoms with Crippen molar-refractivity contribution in [1.82, 2.24) is 0 Å². The van der Waals surface area contributed by atoms with Crippen LogP contribution < -0.4 is 11.5 Å². The van der Waals surface area contributed by atoms with Crippen LogP contribution in [-0.2, 0) is 32.3 Å². The summed E-state index contributed by atoms with van der Waals surface area (Å²) in [5, 5.41) is 0. The van der Waals surface area contributed by atoms with Crippen molar-refractivity contribution >= 4 is 17.8 Å². The number of hydrogen-bond donors (Lipinski definition) is 2. The van der Waals surface area contributed by atoms with Gasteiger partial charge >= 0.3 is 11.9 Å². The molecule has 7 nitrogen and oxygen atoms in total. The molecule has 0 aliphatic rings. The largest absolute Gasteiger partial charge is 0.461 e. The Morgan fingerprint density at radius 1 is 0.885 bits per heavy atom. The van der Waals surface area contributed by atoms with Crippen LogP contribution in [0.2, 0.25) is 0 Å². The molecule has 136 valence electrons. The number of amides is 1. The van der Waals surface area contributed by atoms with E-state index in [1.54, 1.807) is 18.2 Å². The highest BCUT2D eigenvalue weighted by molar-refractivity contribution is 5.94. The van der Waals surface area contributed by atoms with Crippen molar-refractivity contribution in [2.24, 2.45) is 11.5 Å². The van der Waals surface area contributed by atoms with Gasteiger partial charge in [-0.05, 0) is 11.6 Å². The minimum atomic E-state index is -1.13. The standard InChI is InChI=1S/C19H20N2O5/c20-16(19(24)26-11-13-6-2-1-3-7-13)10-17(22)25-12-14-8-4-5-9-15(14)18(21)23/h1-9,16H,10-12,20H2,(H2,21,23)/t16-/m0/s1. The van der Waals surface area contributed by atoms with Crippen molar-refractivity contribution in [2.75, 3.05) is 0 Å². The van der Waals surface area contributed by atoms with Gasteiger partial charge in [-0.2, -0.15) is 0 Å². The summed E-state index contributed by atoms with van der Waals surface area (Å²) in [7, 11) is 0. The van der Waals surface area contributed by atoms with Gasteiger partial charge in [0.25, 0.3) is 0 Å². The van der Waals surface area contributed by atoms with Crippen LogP contribution in [0.5, 0.6) is 0 Å². The predicted octanol–water partition coefficient (Wildman–Crippen LogP) is 1.29. The molecule has 2 aromatic carbocycles. The Hall–Kier alpha value is -3.19. The van der Waals surface area contributed by atoms with Gasteiger partial charge in [0.1, 0.15) is 19.3 Å². The van der Waals surface area contributed by atoms with Crippen molar-refractivity contribution in [1.29, 1.82) is 0 Å². The molecular formula is C19H20N2O5. The van der Waals surface area contributed by atoms with Gasteiger partial charge in [0.15, 0.2) is 0 Å². The summed E-state index contributed by atoms with van der Waals surface area (Å²) in [6.07, 6.45) is -0.327. The molecule has 2 rings (SSSR count). The van der Waals surface area contributed by atoms with E-state index in [1.165, 1.54) is 6.07 Å². The van der Waals surface area contributed by atoms with Crippen molar-refractivity contribution in [3.05, 3.63) is 71.3 Å². The van der Waals surface area contributed by atoms with Crippen molar-refractivity contribution in [3.8, 4) is 0 Å². The van der Waals surface area contributed by atoms with E-state index in [2.05, 4.69) is 0 Å². The summed E-state index contributed by atoms with van der Waals surface area (Å²) in [5.74, 6) is -1.98. The zero-order chi connectivity index (χ0) is 18.9. The average Bonchev–Trinajstić information content (AvgIpc) is 2.65. The Kier molecular flexibility index (Phi) is 6.87. The van der Waals surface area contributed by atoms with E-state index in [0.29, 0.717) is 5.56 Å². The number of esters is 2. The Morgan fingerprint density at radius 3 is 2.23 bits per heavy atom. The van der Waals surface area contributed by atoms with E-state index in [1.807, 2.05) is 30.3 Å². The summed E-state index contributed by atoms with van der Waals surface area (Å²) in [5.41, 5.74) is 12.5. The van der Waals surface area contributed by atoms with E-state index in [9.17, 15) is 14.4 Å². The van der Waals surface area contributed by atoms with Crippen LogP contribution in [0.15, 0.2) is 54.6 Å². The van der Waals surface area contributed by atoms with Gasteiger partial charge in [0.05, 0.1) is 6.42 Å². The topological polar surface area (TPSA) is 122 Å². The summed E-state index contributed by atoms with van der Waals surface area (Å²) in [4.78, 5) is 35.0. The lowest BCUT2D eigenvalue weighted by Gasteiger charge is -2.12. The van der Waals surface area contributed by atoms with Crippen molar-refractivity contribution in [2.45, 2.75) is 25.7 Å². The van der Waals surface area contributed by atoms with E-state index in [4.69, 9.17) is 20.9 Å². The predicted molar refractivity (Wildman–Crippen MR) is 93.6 cm³/mol. The highest BCUT2D eigenvalue weighted by Gasteiger charge is 2.20. The van der Waals surface area contributed by atoms with Gasteiger partial charge in [-0.1, -0.05) is 48.5 Å². The zero-order valence-corrected chi connectivity index (χ0v) is 14.1. The third kappa shape index (κ3) is 5.71. The minimum absolute atomic E-state index is 0.0778. The molecule has 0 spiro atoms. The van der Waals surface area contributed by atoms with Crippen LogP contribution in [0.25, 0.3) is 0 Å². The average molecular weight is 356 g/mol. The fraction of sp³-hybridized carbons (Fsp3) is 0.211. The summed E-state index contributed by atoms with van der Waals surface area (Å²) in [6.45, 7) is -0.0574. The normalized spacial score (nSPS) is 11.4. The van der Waals surface area contributed by atoms with Crippen molar-refractivity contribution < 1.29 is 23.9 Å². The molecule has 0 fully saturated rings. The fourth-order valence-electron chi connectivity index (χ4n) is 2.20. The highest BCUT2D eigenvalue weighted by atomic mass is 16.5. The SMILES string of the molecule is NC(=O)c1ccccc1COC(=O)C[C@H](N)C(=O)OCc1ccccc1. The Balaban J connectivity index is 1.80. The maximum Gasteiger partial charge on any atom is 0.323 e. The van der Waals surface area contributed by atoms with E-state index < -0.39 is 23.9 Å². The maximum absolute atomic E-state index is 11.9. The second-order valence-corrected chi connectivity index (χ2v) is 5.59. The van der Waals surface area contributed by atoms with Gasteiger partial charge in [-0.15, -0.1) is 0 Å². The first-order chi connectivity index (χ1) is 12.5. The molecule has 1 amide bonds. The third-order valence-electron chi connectivity index (χ3n) is 3.58. The molecule has 0 heterocycles. The molecule has 0 saturated heterocycles. The number of carbonyl (C=O) groups excluding carboxylic acids is 3. The maximum atomic E-state index is 11.9. The lowest BCUT2D eigenvalue weighted by molar-refractivity contribution is -0.153. The highest BCUT2D eigenvalue weighted by Crippen LogP contribution is 2.10. The first-order valence-corrected chi connectivity index (χ1v) is 7.97. The molecule has 1 atom stereocenters. The van der Waals surface area contributed by atoms with E-state index in [0.717, 1.165) is 5.56 Å². The molecule has 2 aromatic rings. The molecule has 0 saturated carbocycles.